The van der Waals surface area contributed by atoms with Gasteiger partial charge < -0.3 is 27.2 Å². The Kier molecular flexibility index (Phi) is 7.83. The van der Waals surface area contributed by atoms with Crippen molar-refractivity contribution in [2.45, 2.75) is 25.4 Å². The molecule has 0 fully saturated rings. The second kappa shape index (κ2) is 10.6. The summed E-state index contributed by atoms with van der Waals surface area (Å²) in [5.41, 5.74) is 12.9. The van der Waals surface area contributed by atoms with E-state index < -0.39 is 17.9 Å². The van der Waals surface area contributed by atoms with Gasteiger partial charge in [-0.2, -0.15) is 0 Å². The highest BCUT2D eigenvalue weighted by atomic mass is 16.4. The fourth-order valence-electron chi connectivity index (χ4n) is 2.54. The van der Waals surface area contributed by atoms with E-state index in [1.165, 1.54) is 0 Å². The van der Waals surface area contributed by atoms with E-state index in [-0.39, 0.29) is 12.4 Å². The van der Waals surface area contributed by atoms with Crippen LogP contribution in [0.5, 0.6) is 0 Å². The molecule has 0 aromatic heterocycles. The third-order valence-electron chi connectivity index (χ3n) is 4.04. The quantitative estimate of drug-likeness (QED) is 0.239. The van der Waals surface area contributed by atoms with Gasteiger partial charge in [0, 0.05) is 24.3 Å². The van der Waals surface area contributed by atoms with E-state index >= 15 is 0 Å². The number of hydrogen-bond acceptors (Lipinski definition) is 4. The number of anilines is 1. The van der Waals surface area contributed by atoms with Gasteiger partial charge in [-0.15, -0.1) is 0 Å². The van der Waals surface area contributed by atoms with Crippen molar-refractivity contribution in [2.75, 3.05) is 11.9 Å². The Hall–Kier alpha value is -3.55. The monoisotopic (exact) mass is 383 g/mol. The van der Waals surface area contributed by atoms with Gasteiger partial charge in [0.25, 0.3) is 5.91 Å². The molecule has 0 bridgehead atoms. The largest absolute Gasteiger partial charge is 0.480 e. The number of aliphatic imine (C=N–C) groups is 1. The Labute approximate surface area is 163 Å². The molecule has 0 aliphatic carbocycles. The van der Waals surface area contributed by atoms with Crippen molar-refractivity contribution in [1.82, 2.24) is 5.32 Å². The minimum atomic E-state index is -1.10. The molecule has 0 saturated heterocycles. The normalized spacial score (nSPS) is 11.3. The number of nitrogens with zero attached hydrogens (tertiary/aromatic N) is 1. The van der Waals surface area contributed by atoms with Crippen molar-refractivity contribution in [2.24, 2.45) is 16.5 Å². The molecule has 28 heavy (non-hydrogen) atoms. The number of nitrogens with one attached hydrogen (secondary N) is 2. The summed E-state index contributed by atoms with van der Waals surface area (Å²) in [5, 5.41) is 15.1. The van der Waals surface area contributed by atoms with Crippen LogP contribution >= 0.6 is 0 Å². The summed E-state index contributed by atoms with van der Waals surface area (Å²) in [6.45, 7) is 0.979. The van der Waals surface area contributed by atoms with Gasteiger partial charge in [0.1, 0.15) is 6.04 Å². The van der Waals surface area contributed by atoms with Crippen LogP contribution in [0, 0.1) is 0 Å². The predicted molar refractivity (Wildman–Crippen MR) is 109 cm³/mol. The number of carboxylic acid groups (broad SMARTS) is 1. The number of carbonyl (C=O) groups is 2. The molecule has 7 N–H and O–H groups in total. The van der Waals surface area contributed by atoms with E-state index in [0.717, 1.165) is 11.3 Å². The van der Waals surface area contributed by atoms with Crippen LogP contribution in [-0.2, 0) is 11.3 Å². The lowest BCUT2D eigenvalue weighted by Gasteiger charge is -2.14. The standard InChI is InChI=1S/C20H25N5O3/c21-20(22)23-12-4-7-17(19(27)28)25-18(26)15-8-10-16(11-9-15)24-13-14-5-2-1-3-6-14/h1-3,5-6,8-11,17,24H,4,7,12-13H2,(H,25,26)(H,27,28)(H4,21,22,23). The van der Waals surface area contributed by atoms with Gasteiger partial charge in [0.15, 0.2) is 5.96 Å². The van der Waals surface area contributed by atoms with E-state index in [0.29, 0.717) is 25.1 Å². The van der Waals surface area contributed by atoms with Crippen LogP contribution in [-0.4, -0.2) is 35.5 Å². The predicted octanol–water partition coefficient (Wildman–Crippen LogP) is 1.54. The van der Waals surface area contributed by atoms with E-state index in [4.69, 9.17) is 11.5 Å². The number of carbonyl (C=O) groups excluding carboxylic acids is 1. The maximum absolute atomic E-state index is 12.3. The minimum Gasteiger partial charge on any atom is -0.480 e. The number of carboxylic acids is 1. The summed E-state index contributed by atoms with van der Waals surface area (Å²) in [4.78, 5) is 27.5. The molecule has 1 amide bonds. The lowest BCUT2D eigenvalue weighted by Crippen LogP contribution is -2.40. The van der Waals surface area contributed by atoms with Gasteiger partial charge in [-0.25, -0.2) is 4.79 Å². The number of nitrogens with two attached hydrogens (primary N) is 2. The van der Waals surface area contributed by atoms with E-state index in [2.05, 4.69) is 15.6 Å². The van der Waals surface area contributed by atoms with Crippen molar-refractivity contribution >= 4 is 23.5 Å². The minimum absolute atomic E-state index is 0.0446. The smallest absolute Gasteiger partial charge is 0.326 e. The van der Waals surface area contributed by atoms with E-state index in [1.807, 2.05) is 30.3 Å². The summed E-state index contributed by atoms with van der Waals surface area (Å²) in [5.74, 6) is -1.58. The molecule has 2 aromatic carbocycles. The van der Waals surface area contributed by atoms with Crippen LogP contribution in [0.25, 0.3) is 0 Å². The first-order valence-electron chi connectivity index (χ1n) is 8.92. The SMILES string of the molecule is NC(N)=NCCCC(NC(=O)c1ccc(NCc2ccccc2)cc1)C(=O)O. The Morgan fingerprint density at radius 3 is 2.32 bits per heavy atom. The third kappa shape index (κ3) is 6.99. The van der Waals surface area contributed by atoms with Crippen LogP contribution in [0.3, 0.4) is 0 Å². The molecule has 0 spiro atoms. The summed E-state index contributed by atoms with van der Waals surface area (Å²) in [7, 11) is 0. The molecule has 0 heterocycles. The number of aliphatic carboxylic acids is 1. The first-order chi connectivity index (χ1) is 13.5. The summed E-state index contributed by atoms with van der Waals surface area (Å²) in [6, 6.07) is 15.8. The van der Waals surface area contributed by atoms with Gasteiger partial charge in [-0.3, -0.25) is 9.79 Å². The molecular formula is C20H25N5O3. The average molecular weight is 383 g/mol. The molecule has 0 aliphatic heterocycles. The van der Waals surface area contributed by atoms with Crippen molar-refractivity contribution in [1.29, 1.82) is 0 Å². The molecule has 2 rings (SSSR count). The summed E-state index contributed by atoms with van der Waals surface area (Å²) >= 11 is 0. The topological polar surface area (TPSA) is 143 Å². The zero-order chi connectivity index (χ0) is 20.4. The van der Waals surface area contributed by atoms with Gasteiger partial charge in [0.2, 0.25) is 0 Å². The fraction of sp³-hybridized carbons (Fsp3) is 0.250. The molecule has 1 atom stereocenters. The number of amides is 1. The average Bonchev–Trinajstić information content (AvgIpc) is 2.69. The van der Waals surface area contributed by atoms with Crippen LogP contribution < -0.4 is 22.1 Å². The summed E-state index contributed by atoms with van der Waals surface area (Å²) < 4.78 is 0. The second-order valence-corrected chi connectivity index (χ2v) is 6.23. The molecule has 0 saturated carbocycles. The van der Waals surface area contributed by atoms with Crippen molar-refractivity contribution in [3.8, 4) is 0 Å². The van der Waals surface area contributed by atoms with Gasteiger partial charge in [0.05, 0.1) is 0 Å². The second-order valence-electron chi connectivity index (χ2n) is 6.23. The maximum Gasteiger partial charge on any atom is 0.326 e. The Bertz CT molecular complexity index is 802. The molecule has 8 heteroatoms. The molecule has 148 valence electrons. The third-order valence-corrected chi connectivity index (χ3v) is 4.04. The van der Waals surface area contributed by atoms with Crippen LogP contribution in [0.2, 0.25) is 0 Å². The number of rotatable bonds is 10. The summed E-state index contributed by atoms with van der Waals surface area (Å²) in [6.07, 6.45) is 0.673. The van der Waals surface area contributed by atoms with Crippen molar-refractivity contribution in [3.63, 3.8) is 0 Å². The van der Waals surface area contributed by atoms with Crippen molar-refractivity contribution < 1.29 is 14.7 Å². The highest BCUT2D eigenvalue weighted by molar-refractivity contribution is 5.96. The number of hydrogen-bond donors (Lipinski definition) is 5. The lowest BCUT2D eigenvalue weighted by molar-refractivity contribution is -0.139. The maximum atomic E-state index is 12.3. The fourth-order valence-corrected chi connectivity index (χ4v) is 2.54. The van der Waals surface area contributed by atoms with Gasteiger partial charge >= 0.3 is 5.97 Å². The molecular weight excluding hydrogens is 358 g/mol. The Balaban J connectivity index is 1.87. The zero-order valence-electron chi connectivity index (χ0n) is 15.5. The molecule has 0 radical (unpaired) electrons. The van der Waals surface area contributed by atoms with Crippen LogP contribution in [0.4, 0.5) is 5.69 Å². The molecule has 2 aromatic rings. The molecule has 1 unspecified atom stereocenters. The highest BCUT2D eigenvalue weighted by Crippen LogP contribution is 2.12. The lowest BCUT2D eigenvalue weighted by atomic mass is 10.1. The van der Waals surface area contributed by atoms with Crippen molar-refractivity contribution in [3.05, 3.63) is 65.7 Å². The van der Waals surface area contributed by atoms with E-state index in [1.54, 1.807) is 24.3 Å². The number of benzene rings is 2. The first kappa shape index (κ1) is 20.8. The van der Waals surface area contributed by atoms with E-state index in [9.17, 15) is 14.7 Å². The van der Waals surface area contributed by atoms with Gasteiger partial charge in [-0.1, -0.05) is 30.3 Å². The van der Waals surface area contributed by atoms with Crippen LogP contribution in [0.1, 0.15) is 28.8 Å². The number of guanidine groups is 1. The Morgan fingerprint density at radius 2 is 1.71 bits per heavy atom. The van der Waals surface area contributed by atoms with Crippen LogP contribution in [0.15, 0.2) is 59.6 Å². The molecule has 8 nitrogen and oxygen atoms in total. The highest BCUT2D eigenvalue weighted by Gasteiger charge is 2.20. The Morgan fingerprint density at radius 1 is 1.04 bits per heavy atom. The molecule has 0 aliphatic rings. The van der Waals surface area contributed by atoms with Gasteiger partial charge in [-0.05, 0) is 42.7 Å². The zero-order valence-corrected chi connectivity index (χ0v) is 15.5. The first-order valence-corrected chi connectivity index (χ1v) is 8.92.